The van der Waals surface area contributed by atoms with Crippen molar-refractivity contribution >= 4 is 18.7 Å². The summed E-state index contributed by atoms with van der Waals surface area (Å²) in [6, 6.07) is 1.20. The first-order valence-electron chi connectivity index (χ1n) is 3.15. The van der Waals surface area contributed by atoms with Crippen LogP contribution in [-0.4, -0.2) is 40.4 Å². The zero-order chi connectivity index (χ0) is 9.14. The zero-order valence-corrected chi connectivity index (χ0v) is 6.31. The van der Waals surface area contributed by atoms with E-state index in [9.17, 15) is 4.79 Å². The van der Waals surface area contributed by atoms with E-state index < -0.39 is 13.1 Å². The lowest BCUT2D eigenvalue weighted by Gasteiger charge is -1.90. The lowest BCUT2D eigenvalue weighted by Crippen LogP contribution is -2.30. The second kappa shape index (κ2) is 3.37. The first-order chi connectivity index (χ1) is 5.65. The summed E-state index contributed by atoms with van der Waals surface area (Å²) < 4.78 is 4.34. The number of hydrogen-bond acceptors (Lipinski definition) is 5. The number of carbonyl (C=O) groups is 1. The van der Waals surface area contributed by atoms with Gasteiger partial charge in [-0.05, 0) is 6.07 Å². The fourth-order valence-corrected chi connectivity index (χ4v) is 0.678. The van der Waals surface area contributed by atoms with Gasteiger partial charge in [0.15, 0.2) is 5.69 Å². The van der Waals surface area contributed by atoms with Crippen molar-refractivity contribution in [2.75, 3.05) is 7.11 Å². The monoisotopic (exact) mass is 170 g/mol. The zero-order valence-electron chi connectivity index (χ0n) is 6.31. The minimum atomic E-state index is -1.66. The van der Waals surface area contributed by atoms with E-state index in [4.69, 9.17) is 10.0 Å². The molecule has 0 aliphatic carbocycles. The van der Waals surface area contributed by atoms with E-state index in [-0.39, 0.29) is 11.3 Å². The van der Waals surface area contributed by atoms with Crippen molar-refractivity contribution in [2.45, 2.75) is 0 Å². The summed E-state index contributed by atoms with van der Waals surface area (Å²) >= 11 is 0. The highest BCUT2D eigenvalue weighted by atomic mass is 16.5. The van der Waals surface area contributed by atoms with Gasteiger partial charge in [0.2, 0.25) is 0 Å². The number of H-pyrrole nitrogens is 1. The van der Waals surface area contributed by atoms with E-state index in [0.717, 1.165) is 0 Å². The van der Waals surface area contributed by atoms with E-state index in [1.54, 1.807) is 0 Å². The molecule has 0 bridgehead atoms. The Hall–Kier alpha value is -1.34. The molecular formula is C5H7BN2O4. The van der Waals surface area contributed by atoms with Crippen molar-refractivity contribution in [3.63, 3.8) is 0 Å². The standard InChI is InChI=1S/C5H7BN2O4/c1-12-5(9)3-2-4(6(10)11)8-7-3/h2,10-11H,1H3,(H,7,8). The summed E-state index contributed by atoms with van der Waals surface area (Å²) in [7, 11) is -0.442. The van der Waals surface area contributed by atoms with Gasteiger partial charge in [0.1, 0.15) is 0 Å². The molecule has 7 heteroatoms. The number of esters is 1. The van der Waals surface area contributed by atoms with E-state index in [1.807, 2.05) is 0 Å². The van der Waals surface area contributed by atoms with Crippen molar-refractivity contribution in [1.82, 2.24) is 10.2 Å². The number of ether oxygens (including phenoxy) is 1. The van der Waals surface area contributed by atoms with Gasteiger partial charge in [-0.1, -0.05) is 0 Å². The first-order valence-corrected chi connectivity index (χ1v) is 3.15. The van der Waals surface area contributed by atoms with E-state index >= 15 is 0 Å². The maximum Gasteiger partial charge on any atom is 0.507 e. The molecule has 0 fully saturated rings. The number of nitrogens with zero attached hydrogens (tertiary/aromatic N) is 1. The van der Waals surface area contributed by atoms with Crippen LogP contribution in [0.2, 0.25) is 0 Å². The highest BCUT2D eigenvalue weighted by molar-refractivity contribution is 6.57. The Morgan fingerprint density at radius 2 is 2.42 bits per heavy atom. The summed E-state index contributed by atoms with van der Waals surface area (Å²) in [6.45, 7) is 0. The number of aromatic nitrogens is 2. The van der Waals surface area contributed by atoms with E-state index in [0.29, 0.717) is 0 Å². The Bertz CT molecular complexity index is 285. The topological polar surface area (TPSA) is 95.4 Å². The third kappa shape index (κ3) is 1.63. The Labute approximate surface area is 68.3 Å². The lowest BCUT2D eigenvalue weighted by molar-refractivity contribution is 0.0594. The molecule has 0 radical (unpaired) electrons. The third-order valence-electron chi connectivity index (χ3n) is 1.27. The molecule has 0 aromatic carbocycles. The molecule has 1 aromatic heterocycles. The smallest absolute Gasteiger partial charge is 0.464 e. The van der Waals surface area contributed by atoms with Crippen LogP contribution in [0.1, 0.15) is 10.5 Å². The quantitative estimate of drug-likeness (QED) is 0.348. The van der Waals surface area contributed by atoms with Crippen LogP contribution in [0.15, 0.2) is 6.07 Å². The Kier molecular flexibility index (Phi) is 2.46. The van der Waals surface area contributed by atoms with Gasteiger partial charge in [-0.15, -0.1) is 0 Å². The molecule has 1 heterocycles. The SMILES string of the molecule is COC(=O)c1cc(B(O)O)[nH]n1. The molecule has 1 aromatic rings. The van der Waals surface area contributed by atoms with Crippen LogP contribution in [0, 0.1) is 0 Å². The second-order valence-electron chi connectivity index (χ2n) is 2.07. The highest BCUT2D eigenvalue weighted by Crippen LogP contribution is 1.92. The molecule has 0 amide bonds. The Morgan fingerprint density at radius 3 is 2.83 bits per heavy atom. The maximum absolute atomic E-state index is 10.8. The summed E-state index contributed by atoms with van der Waals surface area (Å²) in [5.74, 6) is -0.627. The van der Waals surface area contributed by atoms with Crippen LogP contribution in [0.3, 0.4) is 0 Å². The number of hydrogen-bond donors (Lipinski definition) is 3. The van der Waals surface area contributed by atoms with Crippen molar-refractivity contribution < 1.29 is 19.6 Å². The molecule has 64 valence electrons. The van der Waals surface area contributed by atoms with Crippen LogP contribution in [0.25, 0.3) is 0 Å². The predicted octanol–water partition coefficient (Wildman–Crippen LogP) is -2.12. The molecule has 0 aliphatic rings. The number of methoxy groups -OCH3 is 1. The molecule has 12 heavy (non-hydrogen) atoms. The Balaban J connectivity index is 2.84. The van der Waals surface area contributed by atoms with Crippen molar-refractivity contribution in [1.29, 1.82) is 0 Å². The summed E-state index contributed by atoms with van der Waals surface area (Å²) in [5, 5.41) is 23.0. The molecule has 0 saturated carbocycles. The molecule has 0 saturated heterocycles. The van der Waals surface area contributed by atoms with Crippen LogP contribution >= 0.6 is 0 Å². The fourth-order valence-electron chi connectivity index (χ4n) is 0.678. The third-order valence-corrected chi connectivity index (χ3v) is 1.27. The van der Waals surface area contributed by atoms with Gasteiger partial charge >= 0.3 is 13.1 Å². The lowest BCUT2D eigenvalue weighted by atomic mass is 9.86. The fraction of sp³-hybridized carbons (Fsp3) is 0.200. The van der Waals surface area contributed by atoms with E-state index in [1.165, 1.54) is 13.2 Å². The van der Waals surface area contributed by atoms with Crippen molar-refractivity contribution in [3.05, 3.63) is 11.8 Å². The van der Waals surface area contributed by atoms with Crippen LogP contribution in [-0.2, 0) is 4.74 Å². The number of nitrogens with one attached hydrogen (secondary N) is 1. The van der Waals surface area contributed by atoms with Gasteiger partial charge in [0.05, 0.1) is 12.7 Å². The first kappa shape index (κ1) is 8.76. The normalized spacial score (nSPS) is 9.58. The van der Waals surface area contributed by atoms with Gasteiger partial charge in [0, 0.05) is 0 Å². The summed E-state index contributed by atoms with van der Waals surface area (Å²) in [6.07, 6.45) is 0. The molecular weight excluding hydrogens is 163 g/mol. The van der Waals surface area contributed by atoms with Gasteiger partial charge in [-0.3, -0.25) is 5.10 Å². The van der Waals surface area contributed by atoms with Crippen LogP contribution < -0.4 is 5.59 Å². The molecule has 0 unspecified atom stereocenters. The summed E-state index contributed by atoms with van der Waals surface area (Å²) in [4.78, 5) is 10.8. The number of aromatic amines is 1. The average Bonchev–Trinajstić information content (AvgIpc) is 2.51. The molecule has 6 nitrogen and oxygen atoms in total. The van der Waals surface area contributed by atoms with Crippen LogP contribution in [0.4, 0.5) is 0 Å². The van der Waals surface area contributed by atoms with Gasteiger partial charge in [0.25, 0.3) is 0 Å². The summed E-state index contributed by atoms with van der Waals surface area (Å²) in [5.41, 5.74) is 0.0657. The minimum absolute atomic E-state index is 0.0144. The molecule has 3 N–H and O–H groups in total. The molecule has 0 spiro atoms. The number of rotatable bonds is 2. The highest BCUT2D eigenvalue weighted by Gasteiger charge is 2.17. The van der Waals surface area contributed by atoms with E-state index in [2.05, 4.69) is 14.9 Å². The van der Waals surface area contributed by atoms with Crippen LogP contribution in [0.5, 0.6) is 0 Å². The second-order valence-corrected chi connectivity index (χ2v) is 2.07. The molecule has 1 rings (SSSR count). The number of carbonyl (C=O) groups excluding carboxylic acids is 1. The van der Waals surface area contributed by atoms with Gasteiger partial charge < -0.3 is 14.8 Å². The Morgan fingerprint density at radius 1 is 1.75 bits per heavy atom. The maximum atomic E-state index is 10.8. The molecule has 0 aliphatic heterocycles. The van der Waals surface area contributed by atoms with Gasteiger partial charge in [-0.25, -0.2) is 4.79 Å². The average molecular weight is 170 g/mol. The van der Waals surface area contributed by atoms with Crippen molar-refractivity contribution in [3.8, 4) is 0 Å². The van der Waals surface area contributed by atoms with Crippen molar-refractivity contribution in [2.24, 2.45) is 0 Å². The predicted molar refractivity (Wildman–Crippen MR) is 39.8 cm³/mol. The minimum Gasteiger partial charge on any atom is -0.464 e. The largest absolute Gasteiger partial charge is 0.507 e. The molecule has 0 atom stereocenters. The van der Waals surface area contributed by atoms with Gasteiger partial charge in [-0.2, -0.15) is 5.10 Å².